The molecule has 0 amide bonds. The molecule has 0 saturated carbocycles. The van der Waals surface area contributed by atoms with E-state index in [9.17, 15) is 0 Å². The van der Waals surface area contributed by atoms with Crippen LogP contribution in [-0.2, 0) is 4.74 Å². The largest absolute Gasteiger partial charge is 0.496 e. The number of nitrogens with one attached hydrogen (secondary N) is 1. The summed E-state index contributed by atoms with van der Waals surface area (Å²) in [5.41, 5.74) is 2.49. The van der Waals surface area contributed by atoms with Crippen LogP contribution in [-0.4, -0.2) is 51.4 Å². The molecule has 1 N–H and O–H groups in total. The summed E-state index contributed by atoms with van der Waals surface area (Å²) in [6, 6.07) is 7.09. The van der Waals surface area contributed by atoms with Crippen molar-refractivity contribution in [3.8, 4) is 5.75 Å². The van der Waals surface area contributed by atoms with E-state index in [4.69, 9.17) is 9.47 Å². The summed E-state index contributed by atoms with van der Waals surface area (Å²) in [5, 5.41) is 3.43. The second kappa shape index (κ2) is 7.07. The number of rotatable bonds is 5. The number of benzene rings is 1. The molecule has 0 spiro atoms. The number of ether oxygens (including phenoxy) is 2. The Balaban J connectivity index is 2.17. The molecule has 1 aromatic carbocycles. The van der Waals surface area contributed by atoms with Gasteiger partial charge in [0, 0.05) is 30.7 Å². The van der Waals surface area contributed by atoms with E-state index < -0.39 is 0 Å². The molecule has 0 radical (unpaired) electrons. The quantitative estimate of drug-likeness (QED) is 0.893. The van der Waals surface area contributed by atoms with E-state index in [0.29, 0.717) is 6.04 Å². The molecular weight excluding hydrogens is 252 g/mol. The summed E-state index contributed by atoms with van der Waals surface area (Å²) >= 11 is 0. The lowest BCUT2D eigenvalue weighted by Crippen LogP contribution is -2.47. The van der Waals surface area contributed by atoms with Gasteiger partial charge in [-0.25, -0.2) is 0 Å². The highest BCUT2D eigenvalue weighted by molar-refractivity contribution is 5.39. The van der Waals surface area contributed by atoms with Crippen molar-refractivity contribution in [1.29, 1.82) is 0 Å². The van der Waals surface area contributed by atoms with Crippen molar-refractivity contribution in [3.63, 3.8) is 0 Å². The Labute approximate surface area is 122 Å². The fourth-order valence-corrected chi connectivity index (χ4v) is 2.74. The second-order valence-electron chi connectivity index (χ2n) is 5.51. The van der Waals surface area contributed by atoms with Gasteiger partial charge >= 0.3 is 0 Å². The Morgan fingerprint density at radius 1 is 1.50 bits per heavy atom. The van der Waals surface area contributed by atoms with Crippen molar-refractivity contribution in [2.24, 2.45) is 0 Å². The SMILES string of the molecule is CNC(CN1CCOCC1C)c1cc(C)ccc1OC. The van der Waals surface area contributed by atoms with Crippen LogP contribution in [0.4, 0.5) is 0 Å². The summed E-state index contributed by atoms with van der Waals surface area (Å²) < 4.78 is 11.0. The van der Waals surface area contributed by atoms with Gasteiger partial charge in [-0.15, -0.1) is 0 Å². The van der Waals surface area contributed by atoms with Crippen molar-refractivity contribution in [1.82, 2.24) is 10.2 Å². The molecule has 2 unspecified atom stereocenters. The first-order valence-electron chi connectivity index (χ1n) is 7.29. The summed E-state index contributed by atoms with van der Waals surface area (Å²) in [5.74, 6) is 0.955. The maximum atomic E-state index is 5.52. The molecule has 0 aliphatic carbocycles. The molecular formula is C16H26N2O2. The zero-order chi connectivity index (χ0) is 14.5. The molecule has 112 valence electrons. The Kier molecular flexibility index (Phi) is 5.40. The van der Waals surface area contributed by atoms with Crippen LogP contribution in [0.3, 0.4) is 0 Å². The van der Waals surface area contributed by atoms with Crippen molar-refractivity contribution in [2.45, 2.75) is 25.9 Å². The molecule has 1 aliphatic heterocycles. The highest BCUT2D eigenvalue weighted by atomic mass is 16.5. The van der Waals surface area contributed by atoms with Crippen LogP contribution in [0.5, 0.6) is 5.75 Å². The van der Waals surface area contributed by atoms with Gasteiger partial charge in [-0.1, -0.05) is 17.7 Å². The lowest BCUT2D eigenvalue weighted by atomic mass is 10.0. The molecule has 20 heavy (non-hydrogen) atoms. The summed E-state index contributed by atoms with van der Waals surface area (Å²) in [6.45, 7) is 7.95. The molecule has 4 heteroatoms. The van der Waals surface area contributed by atoms with Crippen molar-refractivity contribution in [3.05, 3.63) is 29.3 Å². The first-order chi connectivity index (χ1) is 9.65. The standard InChI is InChI=1S/C16H26N2O2/c1-12-5-6-16(19-4)14(9-12)15(17-3)10-18-7-8-20-11-13(18)2/h5-6,9,13,15,17H,7-8,10-11H2,1-4H3. The Hall–Kier alpha value is -1.10. The summed E-state index contributed by atoms with van der Waals surface area (Å²) in [6.07, 6.45) is 0. The van der Waals surface area contributed by atoms with Gasteiger partial charge in [-0.05, 0) is 27.0 Å². The minimum absolute atomic E-state index is 0.269. The number of hydrogen-bond acceptors (Lipinski definition) is 4. The van der Waals surface area contributed by atoms with E-state index in [-0.39, 0.29) is 6.04 Å². The minimum Gasteiger partial charge on any atom is -0.496 e. The fraction of sp³-hybridized carbons (Fsp3) is 0.625. The number of methoxy groups -OCH3 is 1. The van der Waals surface area contributed by atoms with E-state index in [1.165, 1.54) is 11.1 Å². The topological polar surface area (TPSA) is 33.7 Å². The normalized spacial score (nSPS) is 21.7. The predicted molar refractivity (Wildman–Crippen MR) is 81.4 cm³/mol. The minimum atomic E-state index is 0.269. The van der Waals surface area contributed by atoms with E-state index in [1.807, 2.05) is 7.05 Å². The van der Waals surface area contributed by atoms with E-state index in [1.54, 1.807) is 7.11 Å². The number of aryl methyl sites for hydroxylation is 1. The maximum Gasteiger partial charge on any atom is 0.123 e. The molecule has 4 nitrogen and oxygen atoms in total. The second-order valence-corrected chi connectivity index (χ2v) is 5.51. The van der Waals surface area contributed by atoms with Crippen molar-refractivity contribution < 1.29 is 9.47 Å². The average molecular weight is 278 g/mol. The zero-order valence-electron chi connectivity index (χ0n) is 13.0. The van der Waals surface area contributed by atoms with Crippen LogP contribution in [0.2, 0.25) is 0 Å². The third kappa shape index (κ3) is 3.51. The monoisotopic (exact) mass is 278 g/mol. The van der Waals surface area contributed by atoms with E-state index in [0.717, 1.165) is 32.1 Å². The Bertz CT molecular complexity index is 436. The highest BCUT2D eigenvalue weighted by Crippen LogP contribution is 2.27. The first-order valence-corrected chi connectivity index (χ1v) is 7.29. The van der Waals surface area contributed by atoms with Gasteiger partial charge in [0.2, 0.25) is 0 Å². The van der Waals surface area contributed by atoms with Gasteiger partial charge in [-0.2, -0.15) is 0 Å². The van der Waals surface area contributed by atoms with Crippen LogP contribution >= 0.6 is 0 Å². The summed E-state index contributed by atoms with van der Waals surface area (Å²) in [7, 11) is 3.75. The van der Waals surface area contributed by atoms with Gasteiger partial charge in [0.15, 0.2) is 0 Å². The Morgan fingerprint density at radius 3 is 2.95 bits per heavy atom. The highest BCUT2D eigenvalue weighted by Gasteiger charge is 2.24. The molecule has 1 saturated heterocycles. The van der Waals surface area contributed by atoms with Gasteiger partial charge in [0.1, 0.15) is 5.75 Å². The molecule has 2 atom stereocenters. The average Bonchev–Trinajstić information content (AvgIpc) is 2.46. The summed E-state index contributed by atoms with van der Waals surface area (Å²) in [4.78, 5) is 2.48. The number of hydrogen-bond donors (Lipinski definition) is 1. The van der Waals surface area contributed by atoms with Gasteiger partial charge < -0.3 is 14.8 Å². The number of likely N-dealkylation sites (N-methyl/N-ethyl adjacent to an activating group) is 1. The fourth-order valence-electron chi connectivity index (χ4n) is 2.74. The first kappa shape index (κ1) is 15.3. The van der Waals surface area contributed by atoms with Crippen molar-refractivity contribution >= 4 is 0 Å². The van der Waals surface area contributed by atoms with Crippen LogP contribution in [0.15, 0.2) is 18.2 Å². The molecule has 1 fully saturated rings. The lowest BCUT2D eigenvalue weighted by Gasteiger charge is -2.36. The Morgan fingerprint density at radius 2 is 2.30 bits per heavy atom. The molecule has 1 aliphatic rings. The van der Waals surface area contributed by atoms with Gasteiger partial charge in [0.05, 0.1) is 20.3 Å². The zero-order valence-corrected chi connectivity index (χ0v) is 13.0. The van der Waals surface area contributed by atoms with E-state index in [2.05, 4.69) is 42.3 Å². The molecule has 1 heterocycles. The van der Waals surface area contributed by atoms with E-state index >= 15 is 0 Å². The molecule has 1 aromatic rings. The molecule has 0 bridgehead atoms. The van der Waals surface area contributed by atoms with Gasteiger partial charge in [0.25, 0.3) is 0 Å². The van der Waals surface area contributed by atoms with Crippen LogP contribution in [0.1, 0.15) is 24.1 Å². The van der Waals surface area contributed by atoms with Crippen LogP contribution in [0, 0.1) is 6.92 Å². The maximum absolute atomic E-state index is 5.52. The molecule has 2 rings (SSSR count). The number of morpholine rings is 1. The smallest absolute Gasteiger partial charge is 0.123 e. The number of nitrogens with zero attached hydrogens (tertiary/aromatic N) is 1. The predicted octanol–water partition coefficient (Wildman–Crippen LogP) is 1.98. The van der Waals surface area contributed by atoms with Crippen LogP contribution < -0.4 is 10.1 Å². The van der Waals surface area contributed by atoms with Crippen LogP contribution in [0.25, 0.3) is 0 Å². The third-order valence-corrected chi connectivity index (χ3v) is 4.03. The third-order valence-electron chi connectivity index (χ3n) is 4.03. The van der Waals surface area contributed by atoms with Crippen molar-refractivity contribution in [2.75, 3.05) is 40.5 Å². The van der Waals surface area contributed by atoms with Gasteiger partial charge in [-0.3, -0.25) is 4.90 Å². The molecule has 0 aromatic heterocycles. The lowest BCUT2D eigenvalue weighted by molar-refractivity contribution is -0.00425.